The summed E-state index contributed by atoms with van der Waals surface area (Å²) < 4.78 is 61.5. The van der Waals surface area contributed by atoms with Crippen LogP contribution >= 0.6 is 0 Å². The summed E-state index contributed by atoms with van der Waals surface area (Å²) in [5.41, 5.74) is 2.09. The van der Waals surface area contributed by atoms with Gasteiger partial charge in [-0.3, -0.25) is 4.79 Å². The fourth-order valence-electron chi connectivity index (χ4n) is 2.79. The molecular formula is C20H24F2N2O5S. The van der Waals surface area contributed by atoms with Gasteiger partial charge in [-0.25, -0.2) is 13.1 Å². The molecule has 10 heteroatoms. The predicted molar refractivity (Wildman–Crippen MR) is 107 cm³/mol. The highest BCUT2D eigenvalue weighted by atomic mass is 32.2. The van der Waals surface area contributed by atoms with Crippen molar-refractivity contribution < 1.29 is 31.5 Å². The fourth-order valence-corrected chi connectivity index (χ4v) is 4.04. The smallest absolute Gasteiger partial charge is 0.387 e. The van der Waals surface area contributed by atoms with Crippen molar-refractivity contribution in [3.05, 3.63) is 53.1 Å². The molecule has 0 aliphatic heterocycles. The molecule has 0 aliphatic carbocycles. The summed E-state index contributed by atoms with van der Waals surface area (Å²) >= 11 is 0. The lowest BCUT2D eigenvalue weighted by Gasteiger charge is -2.12. The number of ether oxygens (including phenoxy) is 2. The lowest BCUT2D eigenvalue weighted by molar-refractivity contribution is -0.121. The second-order valence-corrected chi connectivity index (χ2v) is 8.29. The largest absolute Gasteiger partial charge is 0.493 e. The number of carbonyl (C=O) groups is 1. The Morgan fingerprint density at radius 2 is 1.83 bits per heavy atom. The molecule has 1 amide bonds. The number of sulfonamides is 1. The standard InChI is InChI=1S/C20H24F2N2O5S/c1-13-4-7-18(14(2)10-13)30(26,27)24-9-8-19(25)23-12-15-5-6-16(28-3)17(11-15)29-20(21)22/h4-7,10-11,20,24H,8-9,12H2,1-3H3,(H,23,25). The molecule has 0 aliphatic rings. The predicted octanol–water partition coefficient (Wildman–Crippen LogP) is 2.90. The first-order chi connectivity index (χ1) is 14.1. The maximum absolute atomic E-state index is 12.5. The van der Waals surface area contributed by atoms with Crippen molar-refractivity contribution in [3.8, 4) is 11.5 Å². The van der Waals surface area contributed by atoms with E-state index < -0.39 is 22.5 Å². The Bertz CT molecular complexity index is 997. The van der Waals surface area contributed by atoms with Gasteiger partial charge in [-0.1, -0.05) is 23.8 Å². The van der Waals surface area contributed by atoms with E-state index in [1.165, 1.54) is 25.3 Å². The second-order valence-electron chi connectivity index (χ2n) is 6.56. The van der Waals surface area contributed by atoms with Crippen LogP contribution < -0.4 is 19.5 Å². The van der Waals surface area contributed by atoms with Crippen LogP contribution in [0.4, 0.5) is 8.78 Å². The van der Waals surface area contributed by atoms with Crippen molar-refractivity contribution in [3.63, 3.8) is 0 Å². The SMILES string of the molecule is COc1ccc(CNC(=O)CCNS(=O)(=O)c2ccc(C)cc2C)cc1OC(F)F. The lowest BCUT2D eigenvalue weighted by atomic mass is 10.2. The average molecular weight is 442 g/mol. The zero-order valence-corrected chi connectivity index (χ0v) is 17.7. The maximum Gasteiger partial charge on any atom is 0.387 e. The van der Waals surface area contributed by atoms with Gasteiger partial charge < -0.3 is 14.8 Å². The molecule has 0 fully saturated rings. The van der Waals surface area contributed by atoms with E-state index in [1.807, 2.05) is 6.92 Å². The average Bonchev–Trinajstić information content (AvgIpc) is 2.65. The minimum absolute atomic E-state index is 0.0618. The number of nitrogens with one attached hydrogen (secondary N) is 2. The molecule has 0 bridgehead atoms. The van der Waals surface area contributed by atoms with Gasteiger partial charge in [0, 0.05) is 19.5 Å². The normalized spacial score (nSPS) is 11.4. The van der Waals surface area contributed by atoms with E-state index in [0.29, 0.717) is 11.1 Å². The van der Waals surface area contributed by atoms with Crippen LogP contribution in [0.15, 0.2) is 41.3 Å². The minimum atomic E-state index is -3.73. The van der Waals surface area contributed by atoms with E-state index in [2.05, 4.69) is 14.8 Å². The molecule has 7 nitrogen and oxygen atoms in total. The molecule has 2 N–H and O–H groups in total. The van der Waals surface area contributed by atoms with E-state index in [0.717, 1.165) is 5.56 Å². The molecule has 0 heterocycles. The number of rotatable bonds is 10. The number of amides is 1. The van der Waals surface area contributed by atoms with Gasteiger partial charge in [0.2, 0.25) is 15.9 Å². The van der Waals surface area contributed by atoms with Crippen molar-refractivity contribution in [1.82, 2.24) is 10.0 Å². The Morgan fingerprint density at radius 1 is 1.10 bits per heavy atom. The molecule has 0 atom stereocenters. The van der Waals surface area contributed by atoms with Gasteiger partial charge in [-0.05, 0) is 43.2 Å². The molecule has 0 spiro atoms. The van der Waals surface area contributed by atoms with Crippen LogP contribution in [0.3, 0.4) is 0 Å². The number of hydrogen-bond donors (Lipinski definition) is 2. The maximum atomic E-state index is 12.5. The van der Waals surface area contributed by atoms with Gasteiger partial charge in [-0.15, -0.1) is 0 Å². The summed E-state index contributed by atoms with van der Waals surface area (Å²) in [5.74, 6) is -0.392. The number of halogens is 2. The number of methoxy groups -OCH3 is 1. The van der Waals surface area contributed by atoms with Crippen LogP contribution in [0.5, 0.6) is 11.5 Å². The van der Waals surface area contributed by atoms with E-state index in [1.54, 1.807) is 25.1 Å². The van der Waals surface area contributed by atoms with Crippen LogP contribution in [0.2, 0.25) is 0 Å². The lowest BCUT2D eigenvalue weighted by Crippen LogP contribution is -2.30. The molecule has 2 aromatic carbocycles. The molecule has 0 saturated heterocycles. The number of aryl methyl sites for hydroxylation is 2. The molecule has 2 rings (SSSR count). The molecule has 0 aromatic heterocycles. The van der Waals surface area contributed by atoms with Gasteiger partial charge >= 0.3 is 6.61 Å². The first-order valence-corrected chi connectivity index (χ1v) is 10.6. The molecule has 30 heavy (non-hydrogen) atoms. The molecule has 0 unspecified atom stereocenters. The first kappa shape index (κ1) is 23.6. The highest BCUT2D eigenvalue weighted by molar-refractivity contribution is 7.89. The van der Waals surface area contributed by atoms with Gasteiger partial charge in [0.25, 0.3) is 0 Å². The number of carbonyl (C=O) groups excluding carboxylic acids is 1. The summed E-state index contributed by atoms with van der Waals surface area (Å²) in [6.07, 6.45) is -0.0827. The molecule has 2 aromatic rings. The highest BCUT2D eigenvalue weighted by Gasteiger charge is 2.17. The van der Waals surface area contributed by atoms with Crippen molar-refractivity contribution in [2.75, 3.05) is 13.7 Å². The third-order valence-corrected chi connectivity index (χ3v) is 5.82. The summed E-state index contributed by atoms with van der Waals surface area (Å²) in [6, 6.07) is 9.39. The number of alkyl halides is 2. The Kier molecular flexibility index (Phi) is 8.13. The zero-order valence-electron chi connectivity index (χ0n) is 16.9. The Morgan fingerprint density at radius 3 is 2.47 bits per heavy atom. The third-order valence-electron chi connectivity index (χ3n) is 4.20. The van der Waals surface area contributed by atoms with Crippen LogP contribution in [-0.2, 0) is 21.4 Å². The summed E-state index contributed by atoms with van der Waals surface area (Å²) in [7, 11) is -2.40. The van der Waals surface area contributed by atoms with Crippen molar-refractivity contribution in [2.45, 2.75) is 38.3 Å². The number of benzene rings is 2. The number of hydrogen-bond acceptors (Lipinski definition) is 5. The summed E-state index contributed by atoms with van der Waals surface area (Å²) in [5, 5.41) is 2.60. The van der Waals surface area contributed by atoms with Crippen LogP contribution in [0.1, 0.15) is 23.1 Å². The van der Waals surface area contributed by atoms with Crippen molar-refractivity contribution in [1.29, 1.82) is 0 Å². The van der Waals surface area contributed by atoms with Gasteiger partial charge in [-0.2, -0.15) is 8.78 Å². The first-order valence-electron chi connectivity index (χ1n) is 9.07. The van der Waals surface area contributed by atoms with Gasteiger partial charge in [0.05, 0.1) is 12.0 Å². The van der Waals surface area contributed by atoms with Gasteiger partial charge in [0.1, 0.15) is 0 Å². The Hall–Kier alpha value is -2.72. The second kappa shape index (κ2) is 10.4. The topological polar surface area (TPSA) is 93.7 Å². The summed E-state index contributed by atoms with van der Waals surface area (Å²) in [6.45, 7) is 0.548. The van der Waals surface area contributed by atoms with Crippen LogP contribution in [0.25, 0.3) is 0 Å². The molecule has 0 radical (unpaired) electrons. The monoisotopic (exact) mass is 442 g/mol. The van der Waals surface area contributed by atoms with Crippen molar-refractivity contribution >= 4 is 15.9 Å². The van der Waals surface area contributed by atoms with Crippen LogP contribution in [0, 0.1) is 13.8 Å². The van der Waals surface area contributed by atoms with E-state index in [9.17, 15) is 22.0 Å². The van der Waals surface area contributed by atoms with Gasteiger partial charge in [0.15, 0.2) is 11.5 Å². The molecule has 164 valence electrons. The minimum Gasteiger partial charge on any atom is -0.493 e. The van der Waals surface area contributed by atoms with Crippen LogP contribution in [-0.4, -0.2) is 34.6 Å². The van der Waals surface area contributed by atoms with E-state index in [4.69, 9.17) is 4.74 Å². The van der Waals surface area contributed by atoms with E-state index >= 15 is 0 Å². The quantitative estimate of drug-likeness (QED) is 0.590. The Labute approximate surface area is 174 Å². The Balaban J connectivity index is 1.88. The fraction of sp³-hybridized carbons (Fsp3) is 0.350. The van der Waals surface area contributed by atoms with E-state index in [-0.39, 0.29) is 35.9 Å². The highest BCUT2D eigenvalue weighted by Crippen LogP contribution is 2.29. The molecule has 0 saturated carbocycles. The zero-order chi connectivity index (χ0) is 22.3. The van der Waals surface area contributed by atoms with Crippen molar-refractivity contribution in [2.24, 2.45) is 0 Å². The molecular weight excluding hydrogens is 418 g/mol. The third kappa shape index (κ3) is 6.67. The summed E-state index contributed by atoms with van der Waals surface area (Å²) in [4.78, 5) is 12.2.